The minimum absolute atomic E-state index is 0.177. The Labute approximate surface area is 113 Å². The molecule has 0 saturated carbocycles. The van der Waals surface area contributed by atoms with Gasteiger partial charge in [-0.1, -0.05) is 0 Å². The predicted molar refractivity (Wildman–Crippen MR) is 72.6 cm³/mol. The van der Waals surface area contributed by atoms with Crippen LogP contribution in [0.2, 0.25) is 0 Å². The summed E-state index contributed by atoms with van der Waals surface area (Å²) in [7, 11) is 0. The fraction of sp³-hybridized carbons (Fsp3) is 0.500. The van der Waals surface area contributed by atoms with Gasteiger partial charge in [-0.3, -0.25) is 4.79 Å². The van der Waals surface area contributed by atoms with Crippen molar-refractivity contribution >= 4 is 11.7 Å². The Hall–Kier alpha value is -2.09. The van der Waals surface area contributed by atoms with E-state index in [1.54, 1.807) is 12.3 Å². The van der Waals surface area contributed by atoms with Crippen LogP contribution in [0.5, 0.6) is 0 Å². The van der Waals surface area contributed by atoms with Gasteiger partial charge >= 0.3 is 0 Å². The van der Waals surface area contributed by atoms with E-state index >= 15 is 0 Å². The number of nitrogens with one attached hydrogen (secondary N) is 1. The van der Waals surface area contributed by atoms with E-state index in [1.165, 1.54) is 0 Å². The number of hydrogen-bond donors (Lipinski definition) is 1. The third-order valence-electron chi connectivity index (χ3n) is 3.36. The lowest BCUT2D eigenvalue weighted by molar-refractivity contribution is -0.129. The largest absolute Gasteiger partial charge is 0.368 e. The predicted octanol–water partition coefficient (Wildman–Crippen LogP) is 1.69. The third-order valence-corrected chi connectivity index (χ3v) is 3.36. The molecule has 100 valence electrons. The maximum absolute atomic E-state index is 11.9. The molecule has 5 heteroatoms. The summed E-state index contributed by atoms with van der Waals surface area (Å²) in [5.41, 5.74) is 1.45. The maximum Gasteiger partial charge on any atom is 0.224 e. The summed E-state index contributed by atoms with van der Waals surface area (Å²) >= 11 is 0. The lowest BCUT2D eigenvalue weighted by Crippen LogP contribution is -2.29. The average molecular weight is 258 g/mol. The first-order valence-electron chi connectivity index (χ1n) is 6.59. The van der Waals surface area contributed by atoms with Gasteiger partial charge < -0.3 is 10.2 Å². The Morgan fingerprint density at radius 3 is 2.95 bits per heavy atom. The van der Waals surface area contributed by atoms with Crippen molar-refractivity contribution in [3.05, 3.63) is 23.4 Å². The quantitative estimate of drug-likeness (QED) is 0.892. The second-order valence-corrected chi connectivity index (χ2v) is 4.73. The number of aromatic nitrogens is 1. The molecule has 5 nitrogen and oxygen atoms in total. The smallest absolute Gasteiger partial charge is 0.224 e. The van der Waals surface area contributed by atoms with E-state index in [0.717, 1.165) is 31.5 Å². The Kier molecular flexibility index (Phi) is 4.35. The minimum atomic E-state index is 0.177. The van der Waals surface area contributed by atoms with Gasteiger partial charge in [0.2, 0.25) is 5.91 Å². The lowest BCUT2D eigenvalue weighted by Gasteiger charge is -2.15. The van der Waals surface area contributed by atoms with E-state index < -0.39 is 0 Å². The number of nitriles is 1. The van der Waals surface area contributed by atoms with Crippen molar-refractivity contribution in [2.75, 3.05) is 25.0 Å². The molecule has 0 aromatic carbocycles. The van der Waals surface area contributed by atoms with Gasteiger partial charge in [0, 0.05) is 32.3 Å². The van der Waals surface area contributed by atoms with Gasteiger partial charge in [-0.25, -0.2) is 4.98 Å². The zero-order valence-corrected chi connectivity index (χ0v) is 11.1. The third kappa shape index (κ3) is 3.22. The van der Waals surface area contributed by atoms with Crippen LogP contribution in [0.25, 0.3) is 0 Å². The molecule has 0 spiro atoms. The van der Waals surface area contributed by atoms with Gasteiger partial charge in [0.25, 0.3) is 0 Å². The standard InChI is InChI=1S/C14H18N4O/c1-11-4-6-16-14(12(11)10-15)17-7-5-13(19)18-8-2-3-9-18/h4,6H,2-3,5,7-9H2,1H3,(H,16,17). The number of likely N-dealkylation sites (tertiary alicyclic amines) is 1. The molecule has 0 bridgehead atoms. The molecule has 2 heterocycles. The molecule has 0 aliphatic carbocycles. The maximum atomic E-state index is 11.9. The molecular weight excluding hydrogens is 240 g/mol. The van der Waals surface area contributed by atoms with Crippen LogP contribution in [-0.4, -0.2) is 35.4 Å². The molecule has 1 fully saturated rings. The molecule has 1 aromatic heterocycles. The van der Waals surface area contributed by atoms with Crippen molar-refractivity contribution < 1.29 is 4.79 Å². The molecule has 19 heavy (non-hydrogen) atoms. The molecule has 1 aliphatic rings. The first-order chi connectivity index (χ1) is 9.22. The van der Waals surface area contributed by atoms with Crippen molar-refractivity contribution in [3.8, 4) is 6.07 Å². The number of hydrogen-bond acceptors (Lipinski definition) is 4. The topological polar surface area (TPSA) is 69.0 Å². The van der Waals surface area contributed by atoms with Gasteiger partial charge in [-0.05, 0) is 31.4 Å². The highest BCUT2D eigenvalue weighted by atomic mass is 16.2. The lowest BCUT2D eigenvalue weighted by atomic mass is 10.1. The molecule has 0 unspecified atom stereocenters. The number of aryl methyl sites for hydroxylation is 1. The highest BCUT2D eigenvalue weighted by Gasteiger charge is 2.17. The number of amides is 1. The minimum Gasteiger partial charge on any atom is -0.368 e. The number of pyridine rings is 1. The zero-order chi connectivity index (χ0) is 13.7. The Morgan fingerprint density at radius 1 is 1.53 bits per heavy atom. The molecule has 0 radical (unpaired) electrons. The van der Waals surface area contributed by atoms with Crippen LogP contribution in [0.15, 0.2) is 12.3 Å². The van der Waals surface area contributed by atoms with E-state index in [-0.39, 0.29) is 5.91 Å². The van der Waals surface area contributed by atoms with Crippen molar-refractivity contribution in [1.82, 2.24) is 9.88 Å². The van der Waals surface area contributed by atoms with Gasteiger partial charge in [-0.15, -0.1) is 0 Å². The number of anilines is 1. The zero-order valence-electron chi connectivity index (χ0n) is 11.1. The second-order valence-electron chi connectivity index (χ2n) is 4.73. The van der Waals surface area contributed by atoms with Crippen molar-refractivity contribution in [2.24, 2.45) is 0 Å². The summed E-state index contributed by atoms with van der Waals surface area (Å²) in [4.78, 5) is 17.9. The van der Waals surface area contributed by atoms with Gasteiger partial charge in [0.05, 0.1) is 5.56 Å². The highest BCUT2D eigenvalue weighted by molar-refractivity contribution is 5.77. The highest BCUT2D eigenvalue weighted by Crippen LogP contribution is 2.15. The monoisotopic (exact) mass is 258 g/mol. The molecule has 1 saturated heterocycles. The molecule has 1 aromatic rings. The summed E-state index contributed by atoms with van der Waals surface area (Å²) in [6, 6.07) is 3.94. The van der Waals surface area contributed by atoms with E-state index in [1.807, 2.05) is 11.8 Å². The summed E-state index contributed by atoms with van der Waals surface area (Å²) in [5.74, 6) is 0.743. The van der Waals surface area contributed by atoms with Crippen LogP contribution in [0, 0.1) is 18.3 Å². The molecule has 0 atom stereocenters. The molecule has 1 aliphatic heterocycles. The van der Waals surface area contributed by atoms with Crippen LogP contribution >= 0.6 is 0 Å². The Bertz CT molecular complexity index is 501. The van der Waals surface area contributed by atoms with E-state index in [9.17, 15) is 4.79 Å². The first-order valence-corrected chi connectivity index (χ1v) is 6.59. The van der Waals surface area contributed by atoms with Crippen molar-refractivity contribution in [3.63, 3.8) is 0 Å². The molecule has 2 rings (SSSR count). The summed E-state index contributed by atoms with van der Waals surface area (Å²) in [6.07, 6.45) is 4.33. The molecule has 1 N–H and O–H groups in total. The van der Waals surface area contributed by atoms with Crippen LogP contribution in [0.3, 0.4) is 0 Å². The van der Waals surface area contributed by atoms with Crippen LogP contribution in [-0.2, 0) is 4.79 Å². The Balaban J connectivity index is 1.87. The molecular formula is C14H18N4O. The normalized spacial score (nSPS) is 14.2. The van der Waals surface area contributed by atoms with Crippen LogP contribution in [0.4, 0.5) is 5.82 Å². The van der Waals surface area contributed by atoms with Crippen LogP contribution < -0.4 is 5.32 Å². The number of carbonyl (C=O) groups is 1. The van der Waals surface area contributed by atoms with E-state index in [2.05, 4.69) is 16.4 Å². The summed E-state index contributed by atoms with van der Waals surface area (Å²) < 4.78 is 0. The summed E-state index contributed by atoms with van der Waals surface area (Å²) in [6.45, 7) is 4.15. The van der Waals surface area contributed by atoms with E-state index in [0.29, 0.717) is 24.3 Å². The van der Waals surface area contributed by atoms with Crippen molar-refractivity contribution in [2.45, 2.75) is 26.2 Å². The first kappa shape index (κ1) is 13.3. The number of nitrogens with zero attached hydrogens (tertiary/aromatic N) is 3. The average Bonchev–Trinajstić information content (AvgIpc) is 2.93. The van der Waals surface area contributed by atoms with Gasteiger partial charge in [0.15, 0.2) is 0 Å². The fourth-order valence-electron chi connectivity index (χ4n) is 2.25. The summed E-state index contributed by atoms with van der Waals surface area (Å²) in [5, 5.41) is 12.2. The number of rotatable bonds is 4. The SMILES string of the molecule is Cc1ccnc(NCCC(=O)N2CCCC2)c1C#N. The van der Waals surface area contributed by atoms with Crippen LogP contribution in [0.1, 0.15) is 30.4 Å². The van der Waals surface area contributed by atoms with Gasteiger partial charge in [0.1, 0.15) is 11.9 Å². The van der Waals surface area contributed by atoms with Gasteiger partial charge in [-0.2, -0.15) is 5.26 Å². The second kappa shape index (κ2) is 6.19. The van der Waals surface area contributed by atoms with Crippen molar-refractivity contribution in [1.29, 1.82) is 5.26 Å². The van der Waals surface area contributed by atoms with E-state index in [4.69, 9.17) is 5.26 Å². The fourth-order valence-corrected chi connectivity index (χ4v) is 2.25. The molecule has 1 amide bonds. The Morgan fingerprint density at radius 2 is 2.26 bits per heavy atom. The number of carbonyl (C=O) groups excluding carboxylic acids is 1.